The summed E-state index contributed by atoms with van der Waals surface area (Å²) in [4.78, 5) is 1.25. The number of fused-ring (bicyclic) bond motifs is 5. The molecule has 0 spiro atoms. The molecular formula is C40H27NO. The number of para-hydroxylation sites is 1. The number of anilines is 3. The van der Waals surface area contributed by atoms with Crippen molar-refractivity contribution in [2.45, 2.75) is 0 Å². The van der Waals surface area contributed by atoms with Gasteiger partial charge < -0.3 is 9.32 Å². The van der Waals surface area contributed by atoms with E-state index in [4.69, 9.17) is 14.0 Å². The van der Waals surface area contributed by atoms with Crippen molar-refractivity contribution >= 4 is 49.8 Å². The molecule has 0 aliphatic rings. The van der Waals surface area contributed by atoms with Crippen LogP contribution >= 0.6 is 0 Å². The number of benzene rings is 7. The Labute approximate surface area is 257 Å². The van der Waals surface area contributed by atoms with Crippen LogP contribution in [0.3, 0.4) is 0 Å². The Morgan fingerprint density at radius 1 is 0.500 bits per heavy atom. The number of hydrogen-bond acceptors (Lipinski definition) is 2. The fraction of sp³-hybridized carbons (Fsp3) is 0. The highest BCUT2D eigenvalue weighted by molar-refractivity contribution is 6.19. The van der Waals surface area contributed by atoms with Crippen molar-refractivity contribution < 1.29 is 16.8 Å². The summed E-state index contributed by atoms with van der Waals surface area (Å²) in [7, 11) is 0. The lowest BCUT2D eigenvalue weighted by Gasteiger charge is -2.26. The Bertz CT molecular complexity index is 2650. The van der Waals surface area contributed by atoms with Crippen molar-refractivity contribution in [1.29, 1.82) is 0 Å². The van der Waals surface area contributed by atoms with E-state index in [2.05, 4.69) is 0 Å². The average Bonchev–Trinajstić information content (AvgIpc) is 3.55. The summed E-state index contributed by atoms with van der Waals surface area (Å²) in [5, 5.41) is 3.78. The predicted molar refractivity (Wildman–Crippen MR) is 177 cm³/mol. The van der Waals surface area contributed by atoms with Crippen LogP contribution in [0, 0.1) is 0 Å². The van der Waals surface area contributed by atoms with Crippen LogP contribution in [0.1, 0.15) is 12.3 Å². The van der Waals surface area contributed by atoms with Gasteiger partial charge in [-0.15, -0.1) is 0 Å². The zero-order valence-corrected chi connectivity index (χ0v) is 22.2. The molecule has 0 atom stereocenters. The molecule has 42 heavy (non-hydrogen) atoms. The number of furan rings is 1. The van der Waals surface area contributed by atoms with Gasteiger partial charge in [-0.05, 0) is 76.1 Å². The standard InChI is InChI=1S/C40H27NO/c1-3-11-28(12-4-1)29-21-24-33(25-22-29)41(32-15-5-2-6-16-32)34-17-9-14-31(27-34)35-19-10-20-38-39(35)37-26-23-30-13-7-8-18-36(30)40(37)42-38/h1-27H/i2D,5D,6D,15D,16D,21D,22D,24D,25D. The Hall–Kier alpha value is -5.60. The summed E-state index contributed by atoms with van der Waals surface area (Å²) in [6.07, 6.45) is 0. The van der Waals surface area contributed by atoms with Crippen LogP contribution in [0.2, 0.25) is 0 Å². The van der Waals surface area contributed by atoms with Crippen LogP contribution in [-0.2, 0) is 0 Å². The SMILES string of the molecule is [2H]c1c([2H])c([2H])c(N(c2cccc(-c3cccc4oc5c6ccccc6ccc5c34)c2)c2c([2H])c([2H])c(-c3ccccc3)c([2H])c2[2H])c([2H])c1[2H]. The summed E-state index contributed by atoms with van der Waals surface area (Å²) in [6, 6.07) is 29.1. The third-order valence-corrected chi connectivity index (χ3v) is 7.41. The fourth-order valence-electron chi connectivity index (χ4n) is 5.50. The second-order valence-electron chi connectivity index (χ2n) is 9.89. The van der Waals surface area contributed by atoms with Crippen LogP contribution in [0.5, 0.6) is 0 Å². The van der Waals surface area contributed by atoms with E-state index in [0.717, 1.165) is 32.7 Å². The van der Waals surface area contributed by atoms with Gasteiger partial charge in [0, 0.05) is 33.2 Å². The number of nitrogens with zero attached hydrogens (tertiary/aromatic N) is 1. The van der Waals surface area contributed by atoms with E-state index < -0.39 is 42.3 Å². The Kier molecular flexibility index (Phi) is 4.00. The van der Waals surface area contributed by atoms with E-state index in [1.165, 1.54) is 4.90 Å². The van der Waals surface area contributed by atoms with Crippen molar-refractivity contribution in [2.75, 3.05) is 4.90 Å². The molecule has 0 unspecified atom stereocenters. The van der Waals surface area contributed by atoms with Gasteiger partial charge in [-0.2, -0.15) is 0 Å². The largest absolute Gasteiger partial charge is 0.455 e. The fourth-order valence-corrected chi connectivity index (χ4v) is 5.50. The Balaban J connectivity index is 1.41. The molecule has 0 N–H and O–H groups in total. The normalized spacial score (nSPS) is 14.3. The molecule has 0 bridgehead atoms. The minimum atomic E-state index is -0.592. The van der Waals surface area contributed by atoms with Gasteiger partial charge in [0.2, 0.25) is 0 Å². The van der Waals surface area contributed by atoms with Crippen LogP contribution in [0.4, 0.5) is 17.1 Å². The molecule has 0 aliphatic carbocycles. The maximum Gasteiger partial charge on any atom is 0.143 e. The molecule has 7 aromatic carbocycles. The van der Waals surface area contributed by atoms with E-state index in [1.807, 2.05) is 60.7 Å². The first-order valence-electron chi connectivity index (χ1n) is 18.0. The second kappa shape index (κ2) is 10.1. The van der Waals surface area contributed by atoms with Crippen molar-refractivity contribution in [3.05, 3.63) is 164 Å². The van der Waals surface area contributed by atoms with Gasteiger partial charge in [-0.3, -0.25) is 0 Å². The third-order valence-electron chi connectivity index (χ3n) is 7.41. The van der Waals surface area contributed by atoms with Crippen LogP contribution < -0.4 is 4.90 Å². The topological polar surface area (TPSA) is 16.4 Å². The van der Waals surface area contributed by atoms with Gasteiger partial charge in [0.15, 0.2) is 0 Å². The Morgan fingerprint density at radius 3 is 2.10 bits per heavy atom. The highest BCUT2D eigenvalue weighted by Gasteiger charge is 2.17. The first-order chi connectivity index (χ1) is 24.6. The van der Waals surface area contributed by atoms with Crippen molar-refractivity contribution in [3.8, 4) is 22.3 Å². The van der Waals surface area contributed by atoms with Gasteiger partial charge in [0.1, 0.15) is 11.2 Å². The van der Waals surface area contributed by atoms with E-state index in [1.54, 1.807) is 48.5 Å². The number of hydrogen-bond donors (Lipinski definition) is 0. The summed E-state index contributed by atoms with van der Waals surface area (Å²) < 4.78 is 85.8. The summed E-state index contributed by atoms with van der Waals surface area (Å²) >= 11 is 0. The zero-order valence-electron chi connectivity index (χ0n) is 31.2. The molecule has 8 rings (SSSR count). The second-order valence-corrected chi connectivity index (χ2v) is 9.89. The molecule has 1 heterocycles. The zero-order chi connectivity index (χ0) is 35.7. The van der Waals surface area contributed by atoms with Crippen LogP contribution in [0.15, 0.2) is 168 Å². The lowest BCUT2D eigenvalue weighted by Crippen LogP contribution is -2.09. The molecule has 8 aromatic rings. The molecule has 1 aromatic heterocycles. The molecule has 0 radical (unpaired) electrons. The smallest absolute Gasteiger partial charge is 0.143 e. The number of rotatable bonds is 5. The maximum atomic E-state index is 9.21. The first-order valence-corrected chi connectivity index (χ1v) is 13.5. The lowest BCUT2D eigenvalue weighted by molar-refractivity contribution is 0.673. The van der Waals surface area contributed by atoms with E-state index in [-0.39, 0.29) is 34.7 Å². The van der Waals surface area contributed by atoms with Gasteiger partial charge in [0.25, 0.3) is 0 Å². The molecule has 0 aliphatic heterocycles. The summed E-state index contributed by atoms with van der Waals surface area (Å²) in [5.74, 6) is 0. The van der Waals surface area contributed by atoms with Crippen molar-refractivity contribution in [2.24, 2.45) is 0 Å². The van der Waals surface area contributed by atoms with Gasteiger partial charge in [0.05, 0.1) is 12.3 Å². The molecule has 0 amide bonds. The third kappa shape index (κ3) is 4.13. The Morgan fingerprint density at radius 2 is 1.24 bits per heavy atom. The van der Waals surface area contributed by atoms with E-state index in [9.17, 15) is 2.74 Å². The molecule has 2 heteroatoms. The summed E-state index contributed by atoms with van der Waals surface area (Å²) in [6.45, 7) is 0. The lowest BCUT2D eigenvalue weighted by atomic mass is 9.97. The first kappa shape index (κ1) is 16.6. The highest BCUT2D eigenvalue weighted by Crippen LogP contribution is 2.42. The predicted octanol–water partition coefficient (Wildman–Crippen LogP) is 11.5. The van der Waals surface area contributed by atoms with Crippen LogP contribution in [-0.4, -0.2) is 0 Å². The van der Waals surface area contributed by atoms with Crippen molar-refractivity contribution in [1.82, 2.24) is 0 Å². The average molecular weight is 547 g/mol. The van der Waals surface area contributed by atoms with E-state index in [0.29, 0.717) is 16.7 Å². The van der Waals surface area contributed by atoms with Gasteiger partial charge in [-0.1, -0.05) is 115 Å². The van der Waals surface area contributed by atoms with Gasteiger partial charge >= 0.3 is 0 Å². The molecular weight excluding hydrogens is 510 g/mol. The molecule has 0 saturated heterocycles. The van der Waals surface area contributed by atoms with Crippen molar-refractivity contribution in [3.63, 3.8) is 0 Å². The van der Waals surface area contributed by atoms with Gasteiger partial charge in [-0.25, -0.2) is 0 Å². The molecule has 0 saturated carbocycles. The van der Waals surface area contributed by atoms with E-state index >= 15 is 0 Å². The van der Waals surface area contributed by atoms with Crippen LogP contribution in [0.25, 0.3) is 55.0 Å². The summed E-state index contributed by atoms with van der Waals surface area (Å²) in [5.41, 5.74) is 3.22. The highest BCUT2D eigenvalue weighted by atomic mass is 16.3. The monoisotopic (exact) mass is 546 g/mol. The molecule has 198 valence electrons. The quantitative estimate of drug-likeness (QED) is 0.213. The maximum absolute atomic E-state index is 9.21. The molecule has 2 nitrogen and oxygen atoms in total. The minimum absolute atomic E-state index is 0.0927. The minimum Gasteiger partial charge on any atom is -0.455 e. The molecule has 0 fully saturated rings.